The van der Waals surface area contributed by atoms with Gasteiger partial charge < -0.3 is 5.11 Å². The Hall–Kier alpha value is -0.970. The molecule has 92 valence electrons. The van der Waals surface area contributed by atoms with Gasteiger partial charge in [0.05, 0.1) is 17.3 Å². The number of carboxylic acid groups (broad SMARTS) is 1. The summed E-state index contributed by atoms with van der Waals surface area (Å²) in [5.74, 6) is -0.693. The first-order valence-corrected chi connectivity index (χ1v) is 6.61. The van der Waals surface area contributed by atoms with E-state index < -0.39 is 11.4 Å². The standard InChI is InChI=1S/C12H15BrN2O2/c13-10-8-14-9(7-15-10)6-12(11(16)17)4-2-1-3-5-12/h7-8H,1-6H2,(H,16,17). The molecule has 1 heterocycles. The monoisotopic (exact) mass is 298 g/mol. The lowest BCUT2D eigenvalue weighted by atomic mass is 9.71. The van der Waals surface area contributed by atoms with Crippen LogP contribution in [-0.2, 0) is 11.2 Å². The molecular formula is C12H15BrN2O2. The number of carboxylic acids is 1. The SMILES string of the molecule is O=C(O)C1(Cc2cnc(Br)cn2)CCCCC1. The van der Waals surface area contributed by atoms with Crippen LogP contribution in [0, 0.1) is 5.41 Å². The summed E-state index contributed by atoms with van der Waals surface area (Å²) in [7, 11) is 0. The fraction of sp³-hybridized carbons (Fsp3) is 0.583. The Balaban J connectivity index is 2.17. The van der Waals surface area contributed by atoms with E-state index in [1.165, 1.54) is 0 Å². The van der Waals surface area contributed by atoms with E-state index in [9.17, 15) is 9.90 Å². The number of aromatic nitrogens is 2. The fourth-order valence-corrected chi connectivity index (χ4v) is 2.68. The van der Waals surface area contributed by atoms with Crippen LogP contribution in [0.25, 0.3) is 0 Å². The van der Waals surface area contributed by atoms with Crippen molar-refractivity contribution in [1.82, 2.24) is 9.97 Å². The van der Waals surface area contributed by atoms with Crippen LogP contribution in [0.3, 0.4) is 0 Å². The van der Waals surface area contributed by atoms with Crippen molar-refractivity contribution in [2.24, 2.45) is 5.41 Å². The van der Waals surface area contributed by atoms with Crippen LogP contribution in [0.15, 0.2) is 17.0 Å². The maximum atomic E-state index is 11.5. The molecule has 5 heteroatoms. The first kappa shape index (κ1) is 12.5. The van der Waals surface area contributed by atoms with E-state index in [1.807, 2.05) is 0 Å². The molecule has 1 aromatic rings. The summed E-state index contributed by atoms with van der Waals surface area (Å²) in [6.07, 6.45) is 8.40. The predicted octanol–water partition coefficient (Wildman–Crippen LogP) is 2.82. The highest BCUT2D eigenvalue weighted by Crippen LogP contribution is 2.39. The predicted molar refractivity (Wildman–Crippen MR) is 66.6 cm³/mol. The molecule has 0 amide bonds. The third kappa shape index (κ3) is 2.83. The Morgan fingerprint density at radius 2 is 2.00 bits per heavy atom. The zero-order valence-corrected chi connectivity index (χ0v) is 11.1. The maximum absolute atomic E-state index is 11.5. The molecule has 0 aromatic carbocycles. The molecule has 17 heavy (non-hydrogen) atoms. The second-order valence-corrected chi connectivity index (χ2v) is 5.47. The molecular weight excluding hydrogens is 284 g/mol. The van der Waals surface area contributed by atoms with Gasteiger partial charge in [0.15, 0.2) is 0 Å². The molecule has 1 fully saturated rings. The normalized spacial score (nSPS) is 18.9. The highest BCUT2D eigenvalue weighted by atomic mass is 79.9. The van der Waals surface area contributed by atoms with Crippen LogP contribution in [0.5, 0.6) is 0 Å². The molecule has 0 atom stereocenters. The van der Waals surface area contributed by atoms with Gasteiger partial charge in [-0.15, -0.1) is 0 Å². The maximum Gasteiger partial charge on any atom is 0.310 e. The summed E-state index contributed by atoms with van der Waals surface area (Å²) in [5.41, 5.74) is 0.137. The van der Waals surface area contributed by atoms with Crippen LogP contribution in [0.1, 0.15) is 37.8 Å². The summed E-state index contributed by atoms with van der Waals surface area (Å²) in [6, 6.07) is 0. The zero-order valence-electron chi connectivity index (χ0n) is 9.53. The van der Waals surface area contributed by atoms with Crippen molar-refractivity contribution in [3.63, 3.8) is 0 Å². The van der Waals surface area contributed by atoms with Gasteiger partial charge in [-0.1, -0.05) is 19.3 Å². The molecule has 0 unspecified atom stereocenters. The second-order valence-electron chi connectivity index (χ2n) is 4.65. The molecule has 1 aromatic heterocycles. The van der Waals surface area contributed by atoms with Gasteiger partial charge in [0.25, 0.3) is 0 Å². The van der Waals surface area contributed by atoms with Crippen molar-refractivity contribution in [2.45, 2.75) is 38.5 Å². The Kier molecular flexibility index (Phi) is 3.76. The lowest BCUT2D eigenvalue weighted by Gasteiger charge is -2.32. The Bertz CT molecular complexity index is 399. The Morgan fingerprint density at radius 1 is 1.29 bits per heavy atom. The average molecular weight is 299 g/mol. The van der Waals surface area contributed by atoms with Gasteiger partial charge in [-0.3, -0.25) is 9.78 Å². The van der Waals surface area contributed by atoms with E-state index in [1.54, 1.807) is 12.4 Å². The molecule has 1 aliphatic rings. The second kappa shape index (κ2) is 5.12. The highest BCUT2D eigenvalue weighted by molar-refractivity contribution is 9.10. The van der Waals surface area contributed by atoms with Crippen LogP contribution < -0.4 is 0 Å². The molecule has 0 aliphatic heterocycles. The van der Waals surface area contributed by atoms with Crippen LogP contribution in [0.4, 0.5) is 0 Å². The minimum atomic E-state index is -0.693. The van der Waals surface area contributed by atoms with Crippen molar-refractivity contribution >= 4 is 21.9 Å². The zero-order chi connectivity index (χ0) is 12.3. The van der Waals surface area contributed by atoms with Gasteiger partial charge in [-0.2, -0.15) is 0 Å². The molecule has 0 bridgehead atoms. The van der Waals surface area contributed by atoms with E-state index >= 15 is 0 Å². The highest BCUT2D eigenvalue weighted by Gasteiger charge is 2.39. The number of hydrogen-bond donors (Lipinski definition) is 1. The fourth-order valence-electron chi connectivity index (χ4n) is 2.47. The van der Waals surface area contributed by atoms with Crippen LogP contribution in [0.2, 0.25) is 0 Å². The van der Waals surface area contributed by atoms with E-state index in [2.05, 4.69) is 25.9 Å². The Morgan fingerprint density at radius 3 is 2.53 bits per heavy atom. The molecule has 0 radical (unpaired) electrons. The molecule has 1 aliphatic carbocycles. The van der Waals surface area contributed by atoms with Crippen molar-refractivity contribution in [1.29, 1.82) is 0 Å². The smallest absolute Gasteiger partial charge is 0.310 e. The third-order valence-electron chi connectivity index (χ3n) is 3.46. The van der Waals surface area contributed by atoms with Crippen molar-refractivity contribution in [2.75, 3.05) is 0 Å². The van der Waals surface area contributed by atoms with Gasteiger partial charge >= 0.3 is 5.97 Å². The summed E-state index contributed by atoms with van der Waals surface area (Å²) in [6.45, 7) is 0. The number of carbonyl (C=O) groups is 1. The van der Waals surface area contributed by atoms with Crippen LogP contribution in [-0.4, -0.2) is 21.0 Å². The quantitative estimate of drug-likeness (QED) is 0.932. The van der Waals surface area contributed by atoms with E-state index in [0.717, 1.165) is 37.8 Å². The van der Waals surface area contributed by atoms with Crippen molar-refractivity contribution < 1.29 is 9.90 Å². The van der Waals surface area contributed by atoms with Gasteiger partial charge in [0.2, 0.25) is 0 Å². The molecule has 1 N–H and O–H groups in total. The number of aliphatic carboxylic acids is 1. The topological polar surface area (TPSA) is 63.1 Å². The van der Waals surface area contributed by atoms with Gasteiger partial charge in [0, 0.05) is 12.6 Å². The Labute approximate surface area is 109 Å². The van der Waals surface area contributed by atoms with Gasteiger partial charge in [-0.05, 0) is 28.8 Å². The minimum Gasteiger partial charge on any atom is -0.481 e. The van der Waals surface area contributed by atoms with E-state index in [0.29, 0.717) is 11.0 Å². The molecule has 1 saturated carbocycles. The average Bonchev–Trinajstić information content (AvgIpc) is 2.33. The summed E-state index contributed by atoms with van der Waals surface area (Å²) in [4.78, 5) is 19.8. The molecule has 4 nitrogen and oxygen atoms in total. The van der Waals surface area contributed by atoms with Crippen LogP contribution >= 0.6 is 15.9 Å². The molecule has 0 saturated heterocycles. The molecule has 2 rings (SSSR count). The number of rotatable bonds is 3. The minimum absolute atomic E-state index is 0.489. The molecule has 0 spiro atoms. The van der Waals surface area contributed by atoms with Gasteiger partial charge in [-0.25, -0.2) is 4.98 Å². The largest absolute Gasteiger partial charge is 0.481 e. The van der Waals surface area contributed by atoms with E-state index in [-0.39, 0.29) is 0 Å². The summed E-state index contributed by atoms with van der Waals surface area (Å²) < 4.78 is 0.675. The van der Waals surface area contributed by atoms with E-state index in [4.69, 9.17) is 0 Å². The first-order chi connectivity index (χ1) is 8.12. The lowest BCUT2D eigenvalue weighted by Crippen LogP contribution is -2.35. The third-order valence-corrected chi connectivity index (χ3v) is 3.87. The summed E-state index contributed by atoms with van der Waals surface area (Å²) in [5, 5.41) is 9.45. The van der Waals surface area contributed by atoms with Crippen molar-refractivity contribution in [3.8, 4) is 0 Å². The number of hydrogen-bond acceptors (Lipinski definition) is 3. The lowest BCUT2D eigenvalue weighted by molar-refractivity contribution is -0.151. The van der Waals surface area contributed by atoms with Crippen molar-refractivity contribution in [3.05, 3.63) is 22.7 Å². The number of halogens is 1. The summed E-state index contributed by atoms with van der Waals surface area (Å²) >= 11 is 3.22. The number of nitrogens with zero attached hydrogens (tertiary/aromatic N) is 2. The first-order valence-electron chi connectivity index (χ1n) is 5.82. The van der Waals surface area contributed by atoms with Gasteiger partial charge in [0.1, 0.15) is 4.60 Å².